The average molecular weight is 283 g/mol. The lowest BCUT2D eigenvalue weighted by Crippen LogP contribution is -2.09. The molecule has 1 heterocycles. The van der Waals surface area contributed by atoms with Gasteiger partial charge < -0.3 is 4.74 Å². The Morgan fingerprint density at radius 2 is 2.12 bits per heavy atom. The lowest BCUT2D eigenvalue weighted by Gasteiger charge is -2.16. The van der Waals surface area contributed by atoms with Gasteiger partial charge in [0.2, 0.25) is 0 Å². The minimum absolute atomic E-state index is 0.595. The lowest BCUT2D eigenvalue weighted by molar-refractivity contribution is 0.307. The predicted octanol–water partition coefficient (Wildman–Crippen LogP) is 4.36. The minimum atomic E-state index is 0.595. The van der Waals surface area contributed by atoms with Crippen LogP contribution in [-0.2, 0) is 0 Å². The largest absolute Gasteiger partial charge is 0.493 e. The van der Waals surface area contributed by atoms with Gasteiger partial charge >= 0.3 is 0 Å². The van der Waals surface area contributed by atoms with Crippen molar-refractivity contribution in [2.45, 2.75) is 37.4 Å². The van der Waals surface area contributed by atoms with Crippen LogP contribution in [0.1, 0.15) is 38.2 Å². The van der Waals surface area contributed by atoms with Gasteiger partial charge in [-0.25, -0.2) is 0 Å². The Bertz CT molecular complexity index is 348. The Hall–Kier alpha value is -0.500. The molecule has 0 bridgehead atoms. The Morgan fingerprint density at radius 3 is 2.88 bits per heavy atom. The van der Waals surface area contributed by atoms with Crippen molar-refractivity contribution in [1.82, 2.24) is 0 Å². The van der Waals surface area contributed by atoms with E-state index in [1.54, 1.807) is 0 Å². The van der Waals surface area contributed by atoms with E-state index in [2.05, 4.69) is 48.0 Å². The standard InChI is InChI=1S/C14H19BrO/c1-10(7-11(2)15)8-12-9-16-14-6-4-3-5-13(12)14/h3-6,10-12H,7-9H2,1-2H3. The van der Waals surface area contributed by atoms with E-state index < -0.39 is 0 Å². The average Bonchev–Trinajstić information content (AvgIpc) is 2.61. The summed E-state index contributed by atoms with van der Waals surface area (Å²) in [6.07, 6.45) is 2.46. The smallest absolute Gasteiger partial charge is 0.122 e. The molecule has 0 fully saturated rings. The molecular formula is C14H19BrO. The minimum Gasteiger partial charge on any atom is -0.493 e. The first-order chi connectivity index (χ1) is 7.66. The third-order valence-corrected chi connectivity index (χ3v) is 3.59. The normalized spacial score (nSPS) is 22.3. The molecule has 0 spiro atoms. The first-order valence-electron chi connectivity index (χ1n) is 6.02. The topological polar surface area (TPSA) is 9.23 Å². The number of halogens is 1. The van der Waals surface area contributed by atoms with Gasteiger partial charge in [0.25, 0.3) is 0 Å². The molecule has 2 rings (SSSR count). The van der Waals surface area contributed by atoms with E-state index in [-0.39, 0.29) is 0 Å². The van der Waals surface area contributed by atoms with Gasteiger partial charge in [-0.1, -0.05) is 48.0 Å². The molecule has 1 aliphatic rings. The van der Waals surface area contributed by atoms with Gasteiger partial charge in [0.15, 0.2) is 0 Å². The summed E-state index contributed by atoms with van der Waals surface area (Å²) in [6, 6.07) is 8.44. The number of benzene rings is 1. The van der Waals surface area contributed by atoms with Crippen LogP contribution in [0.5, 0.6) is 5.75 Å². The molecule has 0 saturated heterocycles. The molecule has 3 atom stereocenters. The van der Waals surface area contributed by atoms with Gasteiger partial charge in [-0.05, 0) is 24.8 Å². The maximum atomic E-state index is 5.71. The van der Waals surface area contributed by atoms with Crippen LogP contribution >= 0.6 is 15.9 Å². The summed E-state index contributed by atoms with van der Waals surface area (Å²) in [4.78, 5) is 0.611. The van der Waals surface area contributed by atoms with Gasteiger partial charge in [-0.2, -0.15) is 0 Å². The van der Waals surface area contributed by atoms with E-state index in [0.29, 0.717) is 10.7 Å². The monoisotopic (exact) mass is 282 g/mol. The van der Waals surface area contributed by atoms with Crippen LogP contribution in [0.3, 0.4) is 0 Å². The highest BCUT2D eigenvalue weighted by Crippen LogP contribution is 2.38. The van der Waals surface area contributed by atoms with Crippen LogP contribution in [0.4, 0.5) is 0 Å². The zero-order valence-electron chi connectivity index (χ0n) is 9.95. The third-order valence-electron chi connectivity index (χ3n) is 3.21. The summed E-state index contributed by atoms with van der Waals surface area (Å²) in [5.41, 5.74) is 1.40. The fourth-order valence-corrected chi connectivity index (χ4v) is 3.20. The molecule has 88 valence electrons. The summed E-state index contributed by atoms with van der Waals surface area (Å²) in [5, 5.41) is 0. The van der Waals surface area contributed by atoms with Crippen molar-refractivity contribution in [1.29, 1.82) is 0 Å². The zero-order valence-corrected chi connectivity index (χ0v) is 11.5. The van der Waals surface area contributed by atoms with E-state index >= 15 is 0 Å². The third kappa shape index (κ3) is 2.79. The lowest BCUT2D eigenvalue weighted by atomic mass is 9.89. The highest BCUT2D eigenvalue weighted by molar-refractivity contribution is 9.09. The summed E-state index contributed by atoms with van der Waals surface area (Å²) in [7, 11) is 0. The van der Waals surface area contributed by atoms with Gasteiger partial charge in [0.05, 0.1) is 6.61 Å². The van der Waals surface area contributed by atoms with E-state index in [9.17, 15) is 0 Å². The molecule has 0 aromatic heterocycles. The van der Waals surface area contributed by atoms with Crippen molar-refractivity contribution in [2.75, 3.05) is 6.61 Å². The maximum absolute atomic E-state index is 5.71. The Kier molecular flexibility index (Phi) is 3.91. The summed E-state index contributed by atoms with van der Waals surface area (Å²) < 4.78 is 5.71. The van der Waals surface area contributed by atoms with E-state index in [1.807, 2.05) is 6.07 Å². The molecule has 3 unspecified atom stereocenters. The highest BCUT2D eigenvalue weighted by Gasteiger charge is 2.25. The van der Waals surface area contributed by atoms with Crippen LogP contribution in [0.25, 0.3) is 0 Å². The number of alkyl halides is 1. The van der Waals surface area contributed by atoms with Crippen molar-refractivity contribution < 1.29 is 4.74 Å². The Labute approximate surface area is 106 Å². The van der Waals surface area contributed by atoms with Gasteiger partial charge in [0.1, 0.15) is 5.75 Å². The maximum Gasteiger partial charge on any atom is 0.122 e. The van der Waals surface area contributed by atoms with Crippen LogP contribution in [-0.4, -0.2) is 11.4 Å². The van der Waals surface area contributed by atoms with Crippen molar-refractivity contribution in [3.63, 3.8) is 0 Å². The molecule has 1 aliphatic heterocycles. The number of ether oxygens (including phenoxy) is 1. The molecule has 0 saturated carbocycles. The fourth-order valence-electron chi connectivity index (χ4n) is 2.56. The van der Waals surface area contributed by atoms with Crippen LogP contribution < -0.4 is 4.74 Å². The van der Waals surface area contributed by atoms with E-state index in [0.717, 1.165) is 18.3 Å². The van der Waals surface area contributed by atoms with E-state index in [1.165, 1.54) is 18.4 Å². The first kappa shape index (κ1) is 12.0. The molecule has 0 N–H and O–H groups in total. The second-order valence-electron chi connectivity index (χ2n) is 4.90. The summed E-state index contributed by atoms with van der Waals surface area (Å²) in [6.45, 7) is 5.41. The number of rotatable bonds is 4. The summed E-state index contributed by atoms with van der Waals surface area (Å²) in [5.74, 6) is 2.43. The molecule has 2 heteroatoms. The molecule has 1 aromatic carbocycles. The fraction of sp³-hybridized carbons (Fsp3) is 0.571. The molecule has 0 radical (unpaired) electrons. The van der Waals surface area contributed by atoms with Gasteiger partial charge in [0, 0.05) is 16.3 Å². The van der Waals surface area contributed by atoms with Gasteiger partial charge in [-0.15, -0.1) is 0 Å². The Balaban J connectivity index is 1.98. The molecule has 16 heavy (non-hydrogen) atoms. The SMILES string of the molecule is CC(Br)CC(C)CC1COc2ccccc21. The number of fused-ring (bicyclic) bond motifs is 1. The van der Waals surface area contributed by atoms with Crippen LogP contribution in [0, 0.1) is 5.92 Å². The number of para-hydroxylation sites is 1. The second kappa shape index (κ2) is 5.22. The second-order valence-corrected chi connectivity index (χ2v) is 6.47. The quantitative estimate of drug-likeness (QED) is 0.746. The van der Waals surface area contributed by atoms with Crippen molar-refractivity contribution in [3.05, 3.63) is 29.8 Å². The predicted molar refractivity (Wildman–Crippen MR) is 71.5 cm³/mol. The molecule has 0 aliphatic carbocycles. The molecule has 0 amide bonds. The number of hydrogen-bond acceptors (Lipinski definition) is 1. The molecular weight excluding hydrogens is 264 g/mol. The van der Waals surface area contributed by atoms with Crippen LogP contribution in [0.2, 0.25) is 0 Å². The molecule has 1 nitrogen and oxygen atoms in total. The summed E-state index contributed by atoms with van der Waals surface area (Å²) >= 11 is 3.62. The van der Waals surface area contributed by atoms with Gasteiger partial charge in [-0.3, -0.25) is 0 Å². The zero-order chi connectivity index (χ0) is 11.5. The number of hydrogen-bond donors (Lipinski definition) is 0. The Morgan fingerprint density at radius 1 is 1.38 bits per heavy atom. The van der Waals surface area contributed by atoms with Crippen molar-refractivity contribution >= 4 is 15.9 Å². The van der Waals surface area contributed by atoms with Crippen LogP contribution in [0.15, 0.2) is 24.3 Å². The molecule has 1 aromatic rings. The first-order valence-corrected chi connectivity index (χ1v) is 6.94. The van der Waals surface area contributed by atoms with Crippen molar-refractivity contribution in [3.8, 4) is 5.75 Å². The van der Waals surface area contributed by atoms with Crippen molar-refractivity contribution in [2.24, 2.45) is 5.92 Å². The highest BCUT2D eigenvalue weighted by atomic mass is 79.9. The van der Waals surface area contributed by atoms with E-state index in [4.69, 9.17) is 4.74 Å².